The van der Waals surface area contributed by atoms with Crippen LogP contribution in [0.15, 0.2) is 42.5 Å². The fraction of sp³-hybridized carbons (Fsp3) is 0.423. The van der Waals surface area contributed by atoms with E-state index in [-0.39, 0.29) is 12.3 Å². The van der Waals surface area contributed by atoms with Gasteiger partial charge in [-0.3, -0.25) is 9.59 Å². The summed E-state index contributed by atoms with van der Waals surface area (Å²) in [6.07, 6.45) is 0.235. The summed E-state index contributed by atoms with van der Waals surface area (Å²) < 4.78 is 11.1. The van der Waals surface area contributed by atoms with E-state index < -0.39 is 29.1 Å². The number of nitrogens with one attached hydrogen (secondary N) is 2. The van der Waals surface area contributed by atoms with Gasteiger partial charge in [-0.05, 0) is 77.4 Å². The first-order chi connectivity index (χ1) is 15.7. The van der Waals surface area contributed by atoms with Gasteiger partial charge in [-0.1, -0.05) is 23.7 Å². The lowest BCUT2D eigenvalue weighted by atomic mass is 10.0. The lowest BCUT2D eigenvalue weighted by molar-refractivity contribution is -0.122. The van der Waals surface area contributed by atoms with Gasteiger partial charge in [-0.2, -0.15) is 0 Å². The number of hydrogen-bond acceptors (Lipinski definition) is 5. The van der Waals surface area contributed by atoms with E-state index in [0.717, 1.165) is 5.56 Å². The fourth-order valence-electron chi connectivity index (χ4n) is 3.03. The summed E-state index contributed by atoms with van der Waals surface area (Å²) in [5.41, 5.74) is 0.459. The molecule has 0 radical (unpaired) electrons. The Bertz CT molecular complexity index is 1040. The maximum absolute atomic E-state index is 12.8. The van der Waals surface area contributed by atoms with Crippen molar-refractivity contribution in [2.45, 2.75) is 65.2 Å². The van der Waals surface area contributed by atoms with Crippen molar-refractivity contribution in [3.8, 4) is 5.75 Å². The molecule has 0 heterocycles. The van der Waals surface area contributed by atoms with Crippen LogP contribution >= 0.6 is 11.6 Å². The number of carbonyl (C=O) groups is 3. The second kappa shape index (κ2) is 10.9. The Kier molecular flexibility index (Phi) is 8.72. The Balaban J connectivity index is 2.13. The minimum atomic E-state index is -0.825. The Morgan fingerprint density at radius 1 is 0.912 bits per heavy atom. The van der Waals surface area contributed by atoms with Crippen molar-refractivity contribution in [3.05, 3.63) is 64.2 Å². The Morgan fingerprint density at radius 3 is 2.00 bits per heavy atom. The number of rotatable bonds is 7. The van der Waals surface area contributed by atoms with Crippen molar-refractivity contribution in [2.24, 2.45) is 0 Å². The van der Waals surface area contributed by atoms with Gasteiger partial charge in [0.25, 0.3) is 5.91 Å². The molecule has 2 amide bonds. The highest BCUT2D eigenvalue weighted by atomic mass is 35.5. The predicted octanol–water partition coefficient (Wildman–Crippen LogP) is 4.56. The number of hydrogen-bond donors (Lipinski definition) is 2. The van der Waals surface area contributed by atoms with Crippen molar-refractivity contribution < 1.29 is 23.9 Å². The first-order valence-electron chi connectivity index (χ1n) is 11.0. The van der Waals surface area contributed by atoms with E-state index in [9.17, 15) is 14.4 Å². The summed E-state index contributed by atoms with van der Waals surface area (Å²) in [5, 5.41) is 5.63. The molecule has 34 heavy (non-hydrogen) atoms. The van der Waals surface area contributed by atoms with Crippen LogP contribution in [0.2, 0.25) is 5.02 Å². The monoisotopic (exact) mass is 488 g/mol. The summed E-state index contributed by atoms with van der Waals surface area (Å²) in [6, 6.07) is 10.7. The lowest BCUT2D eigenvalue weighted by Crippen LogP contribution is -2.47. The van der Waals surface area contributed by atoms with Gasteiger partial charge in [0.05, 0.1) is 10.6 Å². The molecule has 8 heteroatoms. The normalized spacial score (nSPS) is 12.5. The number of carbonyl (C=O) groups excluding carboxylic acids is 3. The van der Waals surface area contributed by atoms with Gasteiger partial charge >= 0.3 is 5.97 Å². The predicted molar refractivity (Wildman–Crippen MR) is 132 cm³/mol. The van der Waals surface area contributed by atoms with Gasteiger partial charge in [0.1, 0.15) is 23.0 Å². The molecule has 0 saturated carbocycles. The van der Waals surface area contributed by atoms with Crippen molar-refractivity contribution >= 4 is 29.4 Å². The highest BCUT2D eigenvalue weighted by Gasteiger charge is 2.23. The second-order valence-electron chi connectivity index (χ2n) is 9.90. The third-order valence-electron chi connectivity index (χ3n) is 4.51. The zero-order chi connectivity index (χ0) is 25.7. The minimum absolute atomic E-state index is 0.235. The van der Waals surface area contributed by atoms with Crippen LogP contribution in [0.1, 0.15) is 67.8 Å². The average molecular weight is 489 g/mol. The zero-order valence-corrected chi connectivity index (χ0v) is 21.5. The van der Waals surface area contributed by atoms with Crippen molar-refractivity contribution in [3.63, 3.8) is 0 Å². The zero-order valence-electron chi connectivity index (χ0n) is 20.7. The largest absolute Gasteiger partial charge is 0.487 e. The second-order valence-corrected chi connectivity index (χ2v) is 10.3. The molecule has 0 aliphatic carbocycles. The molecule has 0 aliphatic rings. The highest BCUT2D eigenvalue weighted by Crippen LogP contribution is 2.28. The van der Waals surface area contributed by atoms with Gasteiger partial charge in [0.2, 0.25) is 5.91 Å². The van der Waals surface area contributed by atoms with E-state index in [1.54, 1.807) is 57.2 Å². The van der Waals surface area contributed by atoms with Gasteiger partial charge in [-0.25, -0.2) is 4.79 Å². The number of amides is 2. The van der Waals surface area contributed by atoms with Crippen LogP contribution in [0.4, 0.5) is 0 Å². The molecule has 0 spiro atoms. The molecule has 2 aromatic carbocycles. The summed E-state index contributed by atoms with van der Waals surface area (Å²) in [7, 11) is 1.50. The molecule has 184 valence electrons. The Hall–Kier alpha value is -3.06. The minimum Gasteiger partial charge on any atom is -0.487 e. The van der Waals surface area contributed by atoms with E-state index in [2.05, 4.69) is 10.6 Å². The van der Waals surface area contributed by atoms with Crippen molar-refractivity contribution in [1.82, 2.24) is 10.6 Å². The number of ether oxygens (including phenoxy) is 2. The van der Waals surface area contributed by atoms with E-state index in [1.165, 1.54) is 13.1 Å². The van der Waals surface area contributed by atoms with Crippen LogP contribution in [-0.4, -0.2) is 42.1 Å². The van der Waals surface area contributed by atoms with E-state index in [0.29, 0.717) is 21.9 Å². The summed E-state index contributed by atoms with van der Waals surface area (Å²) in [4.78, 5) is 37.5. The van der Waals surface area contributed by atoms with Crippen LogP contribution in [0, 0.1) is 0 Å². The van der Waals surface area contributed by atoms with Gasteiger partial charge in [0.15, 0.2) is 0 Å². The molecule has 1 unspecified atom stereocenters. The molecule has 2 N–H and O–H groups in total. The standard InChI is InChI=1S/C26H33ClN2O5/c1-25(2,3)33-21-13-12-18(15-19(21)27)22(30)29-20(23(31)28-7)14-16-8-10-17(11-9-16)24(32)34-26(4,5)6/h8-13,15,20H,14H2,1-7H3,(H,28,31)(H,29,30). The lowest BCUT2D eigenvalue weighted by Gasteiger charge is -2.22. The first kappa shape index (κ1) is 27.2. The maximum atomic E-state index is 12.8. The molecular weight excluding hydrogens is 456 g/mol. The number of halogens is 1. The Labute approximate surface area is 206 Å². The molecule has 0 saturated heterocycles. The van der Waals surface area contributed by atoms with Crippen molar-refractivity contribution in [1.29, 1.82) is 0 Å². The third-order valence-corrected chi connectivity index (χ3v) is 4.80. The van der Waals surface area contributed by atoms with Crippen molar-refractivity contribution in [2.75, 3.05) is 7.05 Å². The number of benzene rings is 2. The molecule has 0 aliphatic heterocycles. The number of likely N-dealkylation sites (N-methyl/N-ethyl adjacent to an activating group) is 1. The van der Waals surface area contributed by atoms with Crippen LogP contribution in [0.25, 0.3) is 0 Å². The third kappa shape index (κ3) is 8.37. The van der Waals surface area contributed by atoms with Crippen LogP contribution in [0.5, 0.6) is 5.75 Å². The number of esters is 1. The first-order valence-corrected chi connectivity index (χ1v) is 11.4. The molecule has 0 aromatic heterocycles. The molecule has 2 rings (SSSR count). The topological polar surface area (TPSA) is 93.7 Å². The Morgan fingerprint density at radius 2 is 1.50 bits per heavy atom. The summed E-state index contributed by atoms with van der Waals surface area (Å²) >= 11 is 6.29. The summed E-state index contributed by atoms with van der Waals surface area (Å²) in [5.74, 6) is -0.740. The molecule has 2 aromatic rings. The van der Waals surface area contributed by atoms with E-state index >= 15 is 0 Å². The maximum Gasteiger partial charge on any atom is 0.338 e. The fourth-order valence-corrected chi connectivity index (χ4v) is 3.25. The quantitative estimate of drug-likeness (QED) is 0.557. The SMILES string of the molecule is CNC(=O)C(Cc1ccc(C(=O)OC(C)(C)C)cc1)NC(=O)c1ccc(OC(C)(C)C)c(Cl)c1. The van der Waals surface area contributed by atoms with Gasteiger partial charge in [0, 0.05) is 19.0 Å². The van der Waals surface area contributed by atoms with Gasteiger partial charge < -0.3 is 20.1 Å². The van der Waals surface area contributed by atoms with Crippen LogP contribution < -0.4 is 15.4 Å². The smallest absolute Gasteiger partial charge is 0.338 e. The molecular formula is C26H33ClN2O5. The average Bonchev–Trinajstić information content (AvgIpc) is 2.72. The molecule has 0 bridgehead atoms. The molecule has 7 nitrogen and oxygen atoms in total. The van der Waals surface area contributed by atoms with Crippen LogP contribution in [0.3, 0.4) is 0 Å². The van der Waals surface area contributed by atoms with Crippen LogP contribution in [-0.2, 0) is 16.0 Å². The molecule has 0 fully saturated rings. The summed E-state index contributed by atoms with van der Waals surface area (Å²) in [6.45, 7) is 11.1. The highest BCUT2D eigenvalue weighted by molar-refractivity contribution is 6.32. The van der Waals surface area contributed by atoms with E-state index in [4.69, 9.17) is 21.1 Å². The molecule has 1 atom stereocenters. The van der Waals surface area contributed by atoms with E-state index in [1.807, 2.05) is 20.8 Å². The van der Waals surface area contributed by atoms with Gasteiger partial charge in [-0.15, -0.1) is 0 Å².